The fourth-order valence-electron chi connectivity index (χ4n) is 1.26. The van der Waals surface area contributed by atoms with Crippen LogP contribution in [0.25, 0.3) is 0 Å². The van der Waals surface area contributed by atoms with Crippen LogP contribution in [0.3, 0.4) is 0 Å². The smallest absolute Gasteiger partial charge is 0.234 e. The van der Waals surface area contributed by atoms with E-state index in [2.05, 4.69) is 29.8 Å². The van der Waals surface area contributed by atoms with Crippen LogP contribution in [0.15, 0.2) is 0 Å². The molecular weight excluding hydrogens is 206 g/mol. The van der Waals surface area contributed by atoms with Crippen molar-refractivity contribution in [1.82, 2.24) is 0 Å². The first-order chi connectivity index (χ1) is 4.96. The van der Waals surface area contributed by atoms with Gasteiger partial charge in [-0.25, -0.2) is 0 Å². The van der Waals surface area contributed by atoms with E-state index < -0.39 is 4.32 Å². The average molecular weight is 222 g/mol. The summed E-state index contributed by atoms with van der Waals surface area (Å²) in [5.41, 5.74) is 5.24. The summed E-state index contributed by atoms with van der Waals surface area (Å²) in [4.78, 5) is 11.0. The van der Waals surface area contributed by atoms with Gasteiger partial charge < -0.3 is 5.73 Å². The van der Waals surface area contributed by atoms with Crippen LogP contribution in [0.5, 0.6) is 0 Å². The molecule has 0 aliphatic heterocycles. The molecule has 0 spiro atoms. The Morgan fingerprint density at radius 2 is 1.91 bits per heavy atom. The molecule has 0 radical (unpaired) electrons. The van der Waals surface area contributed by atoms with Gasteiger partial charge in [-0.3, -0.25) is 4.79 Å². The average Bonchev–Trinajstić information content (AvgIpc) is 1.89. The van der Waals surface area contributed by atoms with E-state index in [4.69, 9.17) is 5.73 Å². The maximum absolute atomic E-state index is 11.0. The molecule has 1 atom stereocenters. The summed E-state index contributed by atoms with van der Waals surface area (Å²) in [6.07, 6.45) is 1.95. The Kier molecular flexibility index (Phi) is 4.08. The summed E-state index contributed by atoms with van der Waals surface area (Å²) in [5, 5.41) is 0. The Morgan fingerprint density at radius 1 is 1.55 bits per heavy atom. The summed E-state index contributed by atoms with van der Waals surface area (Å²) in [6, 6.07) is 0. The minimum absolute atomic E-state index is 0.272. The van der Waals surface area contributed by atoms with Crippen molar-refractivity contribution in [1.29, 1.82) is 0 Å². The molecule has 0 saturated carbocycles. The maximum Gasteiger partial charge on any atom is 0.234 e. The molecule has 2 nitrogen and oxygen atoms in total. The lowest BCUT2D eigenvalue weighted by Crippen LogP contribution is -2.41. The molecule has 3 heteroatoms. The second kappa shape index (κ2) is 4.10. The third-order valence-corrected chi connectivity index (χ3v) is 3.27. The first-order valence-electron chi connectivity index (χ1n) is 3.95. The fraction of sp³-hybridized carbons (Fsp3) is 0.875. The van der Waals surface area contributed by atoms with E-state index in [-0.39, 0.29) is 5.91 Å². The first-order valence-corrected chi connectivity index (χ1v) is 4.74. The van der Waals surface area contributed by atoms with E-state index in [9.17, 15) is 4.79 Å². The minimum Gasteiger partial charge on any atom is -0.368 e. The van der Waals surface area contributed by atoms with Gasteiger partial charge in [-0.2, -0.15) is 0 Å². The number of alkyl halides is 1. The van der Waals surface area contributed by atoms with Crippen LogP contribution in [-0.2, 0) is 4.79 Å². The lowest BCUT2D eigenvalue weighted by atomic mass is 9.89. The van der Waals surface area contributed by atoms with Gasteiger partial charge in [-0.05, 0) is 12.8 Å². The Hall–Kier alpha value is -0.0500. The number of primary amides is 1. The van der Waals surface area contributed by atoms with Crippen molar-refractivity contribution in [3.63, 3.8) is 0 Å². The SMILES string of the molecule is CCC(CC)C(C)(Br)C(N)=O. The highest BCUT2D eigenvalue weighted by molar-refractivity contribution is 9.10. The maximum atomic E-state index is 11.0. The number of hydrogen-bond acceptors (Lipinski definition) is 1. The second-order valence-electron chi connectivity index (χ2n) is 2.95. The molecule has 0 aromatic carbocycles. The van der Waals surface area contributed by atoms with Crippen molar-refractivity contribution in [3.05, 3.63) is 0 Å². The molecule has 0 aliphatic rings. The molecular formula is C8H16BrNO. The van der Waals surface area contributed by atoms with E-state index in [1.54, 1.807) is 0 Å². The van der Waals surface area contributed by atoms with Gasteiger partial charge in [0, 0.05) is 0 Å². The van der Waals surface area contributed by atoms with Gasteiger partial charge >= 0.3 is 0 Å². The van der Waals surface area contributed by atoms with E-state index in [0.717, 1.165) is 12.8 Å². The topological polar surface area (TPSA) is 43.1 Å². The molecule has 11 heavy (non-hydrogen) atoms. The predicted molar refractivity (Wildman–Crippen MR) is 50.6 cm³/mol. The third kappa shape index (κ3) is 2.47. The van der Waals surface area contributed by atoms with Gasteiger partial charge in [0.25, 0.3) is 0 Å². The van der Waals surface area contributed by atoms with Crippen molar-refractivity contribution >= 4 is 21.8 Å². The fourth-order valence-corrected chi connectivity index (χ4v) is 1.90. The number of halogens is 1. The van der Waals surface area contributed by atoms with Gasteiger partial charge in [0.05, 0.1) is 0 Å². The van der Waals surface area contributed by atoms with Crippen LogP contribution in [0.4, 0.5) is 0 Å². The van der Waals surface area contributed by atoms with Crippen LogP contribution in [0, 0.1) is 5.92 Å². The molecule has 0 heterocycles. The molecule has 0 bridgehead atoms. The van der Waals surface area contributed by atoms with Crippen LogP contribution < -0.4 is 5.73 Å². The van der Waals surface area contributed by atoms with E-state index >= 15 is 0 Å². The summed E-state index contributed by atoms with van der Waals surface area (Å²) >= 11 is 3.36. The van der Waals surface area contributed by atoms with Crippen LogP contribution in [0.1, 0.15) is 33.6 Å². The molecule has 1 amide bonds. The second-order valence-corrected chi connectivity index (χ2v) is 4.60. The van der Waals surface area contributed by atoms with Crippen molar-refractivity contribution in [2.45, 2.75) is 37.9 Å². The lowest BCUT2D eigenvalue weighted by Gasteiger charge is -2.27. The zero-order chi connectivity index (χ0) is 9.07. The molecule has 66 valence electrons. The Balaban J connectivity index is 4.36. The van der Waals surface area contributed by atoms with Crippen molar-refractivity contribution in [2.24, 2.45) is 11.7 Å². The van der Waals surface area contributed by atoms with Crippen LogP contribution in [0.2, 0.25) is 0 Å². The third-order valence-electron chi connectivity index (χ3n) is 2.23. The highest BCUT2D eigenvalue weighted by Crippen LogP contribution is 2.31. The summed E-state index contributed by atoms with van der Waals surface area (Å²) < 4.78 is -0.531. The molecule has 0 aromatic heterocycles. The van der Waals surface area contributed by atoms with Crippen LogP contribution >= 0.6 is 15.9 Å². The number of carbonyl (C=O) groups is 1. The Morgan fingerprint density at radius 3 is 2.00 bits per heavy atom. The standard InChI is InChI=1S/C8H16BrNO/c1-4-6(5-2)8(3,9)7(10)11/h6H,4-5H2,1-3H3,(H2,10,11). The highest BCUT2D eigenvalue weighted by atomic mass is 79.9. The minimum atomic E-state index is -0.531. The van der Waals surface area contributed by atoms with Gasteiger partial charge in [0.15, 0.2) is 0 Å². The van der Waals surface area contributed by atoms with E-state index in [0.29, 0.717) is 5.92 Å². The van der Waals surface area contributed by atoms with Gasteiger partial charge in [-0.15, -0.1) is 0 Å². The van der Waals surface area contributed by atoms with Crippen molar-refractivity contribution < 1.29 is 4.79 Å². The molecule has 2 N–H and O–H groups in total. The van der Waals surface area contributed by atoms with E-state index in [1.807, 2.05) is 6.92 Å². The normalized spacial score (nSPS) is 16.5. The molecule has 1 unspecified atom stereocenters. The van der Waals surface area contributed by atoms with Gasteiger partial charge in [0.1, 0.15) is 4.32 Å². The van der Waals surface area contributed by atoms with Crippen LogP contribution in [-0.4, -0.2) is 10.2 Å². The molecule has 0 rings (SSSR count). The van der Waals surface area contributed by atoms with E-state index in [1.165, 1.54) is 0 Å². The van der Waals surface area contributed by atoms with Gasteiger partial charge in [0.2, 0.25) is 5.91 Å². The van der Waals surface area contributed by atoms with Gasteiger partial charge in [-0.1, -0.05) is 42.6 Å². The number of nitrogens with two attached hydrogens (primary N) is 1. The van der Waals surface area contributed by atoms with Crippen molar-refractivity contribution in [2.75, 3.05) is 0 Å². The number of hydrogen-bond donors (Lipinski definition) is 1. The largest absolute Gasteiger partial charge is 0.368 e. The molecule has 0 fully saturated rings. The monoisotopic (exact) mass is 221 g/mol. The summed E-state index contributed by atoms with van der Waals surface area (Å²) in [6.45, 7) is 5.97. The molecule has 0 saturated heterocycles. The van der Waals surface area contributed by atoms with Crippen molar-refractivity contribution in [3.8, 4) is 0 Å². The highest BCUT2D eigenvalue weighted by Gasteiger charge is 2.34. The zero-order valence-electron chi connectivity index (χ0n) is 7.36. The summed E-state index contributed by atoms with van der Waals surface area (Å²) in [5.74, 6) is 0.0613. The zero-order valence-corrected chi connectivity index (χ0v) is 8.94. The molecule has 0 aliphatic carbocycles. The Bertz CT molecular complexity index is 141. The predicted octanol–water partition coefficient (Wildman–Crippen LogP) is 2.06. The number of rotatable bonds is 4. The quantitative estimate of drug-likeness (QED) is 0.727. The molecule has 0 aromatic rings. The summed E-state index contributed by atoms with van der Waals surface area (Å²) in [7, 11) is 0. The number of carbonyl (C=O) groups excluding carboxylic acids is 1. The Labute approximate surface area is 76.7 Å². The first kappa shape index (κ1) is 11.0. The lowest BCUT2D eigenvalue weighted by molar-refractivity contribution is -0.121. The number of amides is 1.